The third kappa shape index (κ3) is 2.76. The fraction of sp³-hybridized carbons (Fsp3) is 0.188. The number of fused-ring (bicyclic) bond motifs is 1. The van der Waals surface area contributed by atoms with Crippen molar-refractivity contribution in [3.05, 3.63) is 54.6 Å². The summed E-state index contributed by atoms with van der Waals surface area (Å²) in [5.74, 6) is -0.0880. The van der Waals surface area contributed by atoms with Crippen LogP contribution in [-0.2, 0) is 18.4 Å². The molecule has 2 heterocycles. The number of hydrogen-bond donors (Lipinski definition) is 1. The average molecular weight is 281 g/mol. The summed E-state index contributed by atoms with van der Waals surface area (Å²) < 4.78 is 3.95. The third-order valence-corrected chi connectivity index (χ3v) is 3.32. The second kappa shape index (κ2) is 5.36. The molecule has 0 atom stereocenters. The fourth-order valence-corrected chi connectivity index (χ4v) is 2.46. The molecule has 106 valence electrons. The SMILES string of the molecule is CC(=O)Nc1c[n+](Cc2ccccc2)cc2ncn(C)c12. The number of benzene rings is 1. The summed E-state index contributed by atoms with van der Waals surface area (Å²) in [7, 11) is 1.92. The highest BCUT2D eigenvalue weighted by Crippen LogP contribution is 2.19. The molecule has 0 radical (unpaired) electrons. The first-order valence-electron chi connectivity index (χ1n) is 6.79. The Hall–Kier alpha value is -2.69. The van der Waals surface area contributed by atoms with Crippen molar-refractivity contribution in [3.63, 3.8) is 0 Å². The Labute approximate surface area is 122 Å². The van der Waals surface area contributed by atoms with E-state index in [1.54, 1.807) is 6.33 Å². The van der Waals surface area contributed by atoms with Crippen molar-refractivity contribution in [3.8, 4) is 0 Å². The summed E-state index contributed by atoms with van der Waals surface area (Å²) in [5.41, 5.74) is 3.76. The Kier molecular flexibility index (Phi) is 3.39. The predicted molar refractivity (Wildman–Crippen MR) is 80.8 cm³/mol. The van der Waals surface area contributed by atoms with Gasteiger partial charge in [-0.15, -0.1) is 0 Å². The molecule has 0 aliphatic carbocycles. The third-order valence-electron chi connectivity index (χ3n) is 3.32. The lowest BCUT2D eigenvalue weighted by atomic mass is 10.2. The molecule has 3 rings (SSSR count). The molecule has 0 aliphatic rings. The molecule has 2 aromatic heterocycles. The number of hydrogen-bond acceptors (Lipinski definition) is 2. The van der Waals surface area contributed by atoms with Gasteiger partial charge in [0.05, 0.1) is 6.33 Å². The molecule has 0 bridgehead atoms. The quantitative estimate of drug-likeness (QED) is 0.745. The van der Waals surface area contributed by atoms with Gasteiger partial charge in [-0.2, -0.15) is 4.57 Å². The van der Waals surface area contributed by atoms with Gasteiger partial charge in [0.2, 0.25) is 5.91 Å². The molecular formula is C16H17N4O+. The molecule has 1 aromatic carbocycles. The zero-order valence-corrected chi connectivity index (χ0v) is 12.1. The first kappa shape index (κ1) is 13.3. The van der Waals surface area contributed by atoms with E-state index in [0.717, 1.165) is 23.3 Å². The first-order chi connectivity index (χ1) is 10.1. The number of rotatable bonds is 3. The van der Waals surface area contributed by atoms with E-state index < -0.39 is 0 Å². The molecule has 0 saturated carbocycles. The smallest absolute Gasteiger partial charge is 0.221 e. The number of nitrogens with one attached hydrogen (secondary N) is 1. The van der Waals surface area contributed by atoms with Gasteiger partial charge in [0, 0.05) is 19.5 Å². The fourth-order valence-electron chi connectivity index (χ4n) is 2.46. The highest BCUT2D eigenvalue weighted by atomic mass is 16.1. The van der Waals surface area contributed by atoms with E-state index in [0.29, 0.717) is 0 Å². The standard InChI is InChI=1S/C16H16N4O/c1-12(21)18-15-10-20(8-13-6-4-3-5-7-13)9-14-16(15)19(2)11-17-14/h3-7,9-11H,8H2,1-2H3/p+1. The van der Waals surface area contributed by atoms with Crippen LogP contribution in [0.15, 0.2) is 49.1 Å². The first-order valence-corrected chi connectivity index (χ1v) is 6.79. The van der Waals surface area contributed by atoms with Gasteiger partial charge in [-0.1, -0.05) is 30.3 Å². The molecule has 3 aromatic rings. The van der Waals surface area contributed by atoms with Gasteiger partial charge in [-0.3, -0.25) is 4.79 Å². The molecule has 5 heteroatoms. The Balaban J connectivity index is 2.06. The lowest BCUT2D eigenvalue weighted by Gasteiger charge is -2.05. The maximum atomic E-state index is 11.4. The zero-order valence-electron chi connectivity index (χ0n) is 12.1. The van der Waals surface area contributed by atoms with Gasteiger partial charge in [0.15, 0.2) is 24.5 Å². The maximum Gasteiger partial charge on any atom is 0.221 e. The van der Waals surface area contributed by atoms with Crippen LogP contribution >= 0.6 is 0 Å². The minimum absolute atomic E-state index is 0.0880. The van der Waals surface area contributed by atoms with Gasteiger partial charge in [0.25, 0.3) is 0 Å². The largest absolute Gasteiger partial charge is 0.332 e. The minimum atomic E-state index is -0.0880. The zero-order chi connectivity index (χ0) is 14.8. The van der Waals surface area contributed by atoms with Crippen LogP contribution in [0.3, 0.4) is 0 Å². The van der Waals surface area contributed by atoms with E-state index in [2.05, 4.69) is 22.4 Å². The maximum absolute atomic E-state index is 11.4. The minimum Gasteiger partial charge on any atom is -0.332 e. The number of amides is 1. The van der Waals surface area contributed by atoms with Crippen LogP contribution in [0.2, 0.25) is 0 Å². The number of aromatic nitrogens is 3. The van der Waals surface area contributed by atoms with Gasteiger partial charge >= 0.3 is 0 Å². The lowest BCUT2D eigenvalue weighted by molar-refractivity contribution is -0.686. The summed E-state index contributed by atoms with van der Waals surface area (Å²) in [4.78, 5) is 15.8. The molecule has 0 fully saturated rings. The van der Waals surface area contributed by atoms with E-state index in [1.165, 1.54) is 12.5 Å². The number of imidazole rings is 1. The van der Waals surface area contributed by atoms with Gasteiger partial charge in [0.1, 0.15) is 11.2 Å². The van der Waals surface area contributed by atoms with E-state index in [-0.39, 0.29) is 5.91 Å². The van der Waals surface area contributed by atoms with Crippen LogP contribution in [0.5, 0.6) is 0 Å². The Morgan fingerprint density at radius 3 is 2.76 bits per heavy atom. The van der Waals surface area contributed by atoms with Crippen LogP contribution in [0.4, 0.5) is 5.69 Å². The van der Waals surface area contributed by atoms with E-state index in [1.807, 2.05) is 46.8 Å². The summed E-state index contributed by atoms with van der Waals surface area (Å²) in [5, 5.41) is 2.88. The molecule has 0 spiro atoms. The van der Waals surface area contributed by atoms with Crippen molar-refractivity contribution in [2.75, 3.05) is 5.32 Å². The van der Waals surface area contributed by atoms with E-state index >= 15 is 0 Å². The predicted octanol–water partition coefficient (Wildman–Crippen LogP) is 1.87. The molecule has 1 N–H and O–H groups in total. The van der Waals surface area contributed by atoms with Gasteiger partial charge < -0.3 is 9.88 Å². The number of pyridine rings is 1. The number of carbonyl (C=O) groups is 1. The van der Waals surface area contributed by atoms with E-state index in [4.69, 9.17) is 0 Å². The Morgan fingerprint density at radius 1 is 1.29 bits per heavy atom. The normalized spacial score (nSPS) is 10.8. The second-order valence-electron chi connectivity index (χ2n) is 5.10. The average Bonchev–Trinajstić information content (AvgIpc) is 2.81. The van der Waals surface area contributed by atoms with Gasteiger partial charge in [-0.25, -0.2) is 4.98 Å². The molecular weight excluding hydrogens is 264 g/mol. The monoisotopic (exact) mass is 281 g/mol. The van der Waals surface area contributed by atoms with Crippen molar-refractivity contribution in [2.45, 2.75) is 13.5 Å². The second-order valence-corrected chi connectivity index (χ2v) is 5.10. The number of anilines is 1. The number of carbonyl (C=O) groups excluding carboxylic acids is 1. The summed E-state index contributed by atoms with van der Waals surface area (Å²) in [6, 6.07) is 10.2. The molecule has 1 amide bonds. The Bertz CT molecular complexity index is 793. The van der Waals surface area contributed by atoms with Crippen molar-refractivity contribution in [2.24, 2.45) is 7.05 Å². The van der Waals surface area contributed by atoms with Crippen LogP contribution < -0.4 is 9.88 Å². The van der Waals surface area contributed by atoms with Crippen LogP contribution in [0.1, 0.15) is 12.5 Å². The van der Waals surface area contributed by atoms with Crippen LogP contribution in [-0.4, -0.2) is 15.5 Å². The topological polar surface area (TPSA) is 50.8 Å². The number of aryl methyl sites for hydroxylation is 1. The molecule has 0 saturated heterocycles. The van der Waals surface area contributed by atoms with Crippen molar-refractivity contribution < 1.29 is 9.36 Å². The Morgan fingerprint density at radius 2 is 2.05 bits per heavy atom. The molecule has 5 nitrogen and oxygen atoms in total. The molecule has 0 aliphatic heterocycles. The lowest BCUT2D eigenvalue weighted by Crippen LogP contribution is -2.34. The summed E-state index contributed by atoms with van der Waals surface area (Å²) >= 11 is 0. The summed E-state index contributed by atoms with van der Waals surface area (Å²) in [6.07, 6.45) is 5.69. The van der Waals surface area contributed by atoms with Gasteiger partial charge in [-0.05, 0) is 0 Å². The summed E-state index contributed by atoms with van der Waals surface area (Å²) in [6.45, 7) is 2.25. The van der Waals surface area contributed by atoms with E-state index in [9.17, 15) is 4.79 Å². The van der Waals surface area contributed by atoms with Crippen molar-refractivity contribution in [1.82, 2.24) is 9.55 Å². The molecule has 21 heavy (non-hydrogen) atoms. The molecule has 0 unspecified atom stereocenters. The highest BCUT2D eigenvalue weighted by molar-refractivity contribution is 5.97. The number of nitrogens with zero attached hydrogens (tertiary/aromatic N) is 3. The van der Waals surface area contributed by atoms with Crippen LogP contribution in [0.25, 0.3) is 11.0 Å². The van der Waals surface area contributed by atoms with Crippen molar-refractivity contribution >= 4 is 22.6 Å². The van der Waals surface area contributed by atoms with Crippen LogP contribution in [0, 0.1) is 0 Å². The van der Waals surface area contributed by atoms with Crippen molar-refractivity contribution in [1.29, 1.82) is 0 Å². The highest BCUT2D eigenvalue weighted by Gasteiger charge is 2.15.